The van der Waals surface area contributed by atoms with E-state index in [-0.39, 0.29) is 17.6 Å². The van der Waals surface area contributed by atoms with E-state index in [1.165, 1.54) is 7.11 Å². The number of carbonyl (C=O) groups excluding carboxylic acids is 1. The Kier molecular flexibility index (Phi) is 6.40. The third-order valence-electron chi connectivity index (χ3n) is 3.48. The van der Waals surface area contributed by atoms with Crippen molar-refractivity contribution in [1.82, 2.24) is 0 Å². The molecule has 1 aromatic rings. The summed E-state index contributed by atoms with van der Waals surface area (Å²) in [7, 11) is 1.44. The highest BCUT2D eigenvalue weighted by atomic mass is 16.5. The van der Waals surface area contributed by atoms with E-state index in [0.717, 1.165) is 36.8 Å². The molecule has 19 heavy (non-hydrogen) atoms. The number of benzene rings is 1. The molecule has 0 saturated heterocycles. The number of aryl methyl sites for hydroxylation is 1. The molecular weight excluding hydrogens is 240 g/mol. The number of rotatable bonds is 7. The summed E-state index contributed by atoms with van der Waals surface area (Å²) in [5.74, 6) is 0.0465. The van der Waals surface area contributed by atoms with Crippen molar-refractivity contribution in [1.29, 1.82) is 0 Å². The van der Waals surface area contributed by atoms with Crippen molar-refractivity contribution in [3.63, 3.8) is 0 Å². The maximum atomic E-state index is 11.8. The normalized spacial score (nSPS) is 12.2. The number of aromatic hydroxyl groups is 1. The largest absolute Gasteiger partial charge is 0.508 e. The monoisotopic (exact) mass is 264 g/mol. The lowest BCUT2D eigenvalue weighted by atomic mass is 9.91. The van der Waals surface area contributed by atoms with Crippen LogP contribution in [0, 0.1) is 12.8 Å². The van der Waals surface area contributed by atoms with Crippen LogP contribution in [0.4, 0.5) is 0 Å². The summed E-state index contributed by atoms with van der Waals surface area (Å²) in [5, 5.41) is 9.41. The highest BCUT2D eigenvalue weighted by molar-refractivity contribution is 5.72. The van der Waals surface area contributed by atoms with Crippen LogP contribution >= 0.6 is 0 Å². The second kappa shape index (κ2) is 7.82. The quantitative estimate of drug-likeness (QED) is 0.604. The molecule has 0 unspecified atom stereocenters. The third kappa shape index (κ3) is 4.93. The maximum absolute atomic E-state index is 11.8. The predicted octanol–water partition coefficient (Wildman–Crippen LogP) is 3.61. The van der Waals surface area contributed by atoms with Crippen LogP contribution in [0.5, 0.6) is 5.75 Å². The number of unbranched alkanes of at least 4 members (excludes halogenated alkanes) is 2. The molecule has 0 fully saturated rings. The molecule has 0 radical (unpaired) electrons. The Morgan fingerprint density at radius 2 is 2.11 bits per heavy atom. The zero-order chi connectivity index (χ0) is 14.3. The van der Waals surface area contributed by atoms with Crippen LogP contribution in [0.2, 0.25) is 0 Å². The number of hydrogen-bond acceptors (Lipinski definition) is 3. The Balaban J connectivity index is 2.72. The lowest BCUT2D eigenvalue weighted by Gasteiger charge is -2.16. The van der Waals surface area contributed by atoms with Gasteiger partial charge in [-0.1, -0.05) is 32.3 Å². The zero-order valence-electron chi connectivity index (χ0n) is 12.1. The van der Waals surface area contributed by atoms with E-state index in [0.29, 0.717) is 6.42 Å². The number of phenols is 1. The molecule has 0 aliphatic heterocycles. The number of esters is 1. The van der Waals surface area contributed by atoms with Gasteiger partial charge in [0.25, 0.3) is 0 Å². The van der Waals surface area contributed by atoms with Crippen LogP contribution < -0.4 is 0 Å². The van der Waals surface area contributed by atoms with Crippen LogP contribution in [-0.2, 0) is 16.0 Å². The minimum Gasteiger partial charge on any atom is -0.508 e. The van der Waals surface area contributed by atoms with Crippen molar-refractivity contribution in [3.8, 4) is 5.75 Å². The van der Waals surface area contributed by atoms with Crippen LogP contribution in [0.3, 0.4) is 0 Å². The van der Waals surface area contributed by atoms with Crippen molar-refractivity contribution in [2.75, 3.05) is 7.11 Å². The van der Waals surface area contributed by atoms with Crippen LogP contribution in [0.15, 0.2) is 18.2 Å². The van der Waals surface area contributed by atoms with Gasteiger partial charge < -0.3 is 9.84 Å². The van der Waals surface area contributed by atoms with Gasteiger partial charge in [0.05, 0.1) is 13.0 Å². The van der Waals surface area contributed by atoms with E-state index in [9.17, 15) is 9.90 Å². The maximum Gasteiger partial charge on any atom is 0.308 e. The van der Waals surface area contributed by atoms with Gasteiger partial charge in [-0.15, -0.1) is 0 Å². The summed E-state index contributed by atoms with van der Waals surface area (Å²) in [4.78, 5) is 11.8. The molecule has 1 rings (SSSR count). The molecule has 3 nitrogen and oxygen atoms in total. The highest BCUT2D eigenvalue weighted by Gasteiger charge is 2.20. The van der Waals surface area contributed by atoms with Gasteiger partial charge in [0.1, 0.15) is 5.75 Å². The van der Waals surface area contributed by atoms with E-state index < -0.39 is 0 Å². The standard InChI is InChI=1S/C16H24O3/c1-4-5-6-7-14(16(18)19-3)11-13-8-9-15(17)10-12(13)2/h8-10,14,17H,4-7,11H2,1-3H3/t14-/m1/s1. The van der Waals surface area contributed by atoms with Crippen LogP contribution in [0.1, 0.15) is 43.7 Å². The fourth-order valence-corrected chi connectivity index (χ4v) is 2.29. The molecular formula is C16H24O3. The highest BCUT2D eigenvalue weighted by Crippen LogP contribution is 2.22. The molecule has 0 bridgehead atoms. The first-order valence-electron chi connectivity index (χ1n) is 6.94. The fourth-order valence-electron chi connectivity index (χ4n) is 2.29. The average molecular weight is 264 g/mol. The molecule has 0 aliphatic carbocycles. The topological polar surface area (TPSA) is 46.5 Å². The number of ether oxygens (including phenoxy) is 1. The van der Waals surface area contributed by atoms with E-state index in [4.69, 9.17) is 4.74 Å². The number of carbonyl (C=O) groups is 1. The fraction of sp³-hybridized carbons (Fsp3) is 0.562. The molecule has 0 spiro atoms. The van der Waals surface area contributed by atoms with Crippen molar-refractivity contribution < 1.29 is 14.6 Å². The van der Waals surface area contributed by atoms with Crippen molar-refractivity contribution >= 4 is 5.97 Å². The van der Waals surface area contributed by atoms with Gasteiger partial charge in [-0.05, 0) is 43.0 Å². The summed E-state index contributed by atoms with van der Waals surface area (Å²) in [6, 6.07) is 5.29. The number of methoxy groups -OCH3 is 1. The molecule has 106 valence electrons. The molecule has 1 aromatic carbocycles. The van der Waals surface area contributed by atoms with Gasteiger partial charge in [-0.25, -0.2) is 0 Å². The molecule has 0 amide bonds. The van der Waals surface area contributed by atoms with E-state index in [1.807, 2.05) is 13.0 Å². The Labute approximate surface area is 115 Å². The summed E-state index contributed by atoms with van der Waals surface area (Å²) < 4.78 is 4.89. The lowest BCUT2D eigenvalue weighted by molar-refractivity contribution is -0.145. The van der Waals surface area contributed by atoms with E-state index >= 15 is 0 Å². The van der Waals surface area contributed by atoms with Crippen molar-refractivity contribution in [2.24, 2.45) is 5.92 Å². The zero-order valence-corrected chi connectivity index (χ0v) is 12.1. The first-order valence-corrected chi connectivity index (χ1v) is 6.94. The molecule has 0 heterocycles. The summed E-state index contributed by atoms with van der Waals surface area (Å²) in [6.45, 7) is 4.10. The van der Waals surface area contributed by atoms with E-state index in [2.05, 4.69) is 6.92 Å². The van der Waals surface area contributed by atoms with Crippen LogP contribution in [-0.4, -0.2) is 18.2 Å². The molecule has 0 aromatic heterocycles. The van der Waals surface area contributed by atoms with Crippen molar-refractivity contribution in [2.45, 2.75) is 46.0 Å². The van der Waals surface area contributed by atoms with Gasteiger partial charge in [-0.2, -0.15) is 0 Å². The second-order valence-electron chi connectivity index (χ2n) is 5.03. The predicted molar refractivity (Wildman–Crippen MR) is 76.2 cm³/mol. The van der Waals surface area contributed by atoms with Gasteiger partial charge in [0.2, 0.25) is 0 Å². The molecule has 1 N–H and O–H groups in total. The van der Waals surface area contributed by atoms with Gasteiger partial charge in [0, 0.05) is 0 Å². The third-order valence-corrected chi connectivity index (χ3v) is 3.48. The summed E-state index contributed by atoms with van der Waals surface area (Å²) >= 11 is 0. The van der Waals surface area contributed by atoms with Crippen LogP contribution in [0.25, 0.3) is 0 Å². The average Bonchev–Trinajstić information content (AvgIpc) is 2.39. The minimum atomic E-state index is -0.136. The Bertz CT molecular complexity index is 412. The number of phenolic OH excluding ortho intramolecular Hbond substituents is 1. The Morgan fingerprint density at radius 3 is 2.68 bits per heavy atom. The number of hydrogen-bond donors (Lipinski definition) is 1. The van der Waals surface area contributed by atoms with E-state index in [1.54, 1.807) is 12.1 Å². The summed E-state index contributed by atoms with van der Waals surface area (Å²) in [5.41, 5.74) is 2.12. The Morgan fingerprint density at radius 1 is 1.37 bits per heavy atom. The Hall–Kier alpha value is -1.51. The van der Waals surface area contributed by atoms with Gasteiger partial charge in [-0.3, -0.25) is 4.79 Å². The van der Waals surface area contributed by atoms with Gasteiger partial charge in [0.15, 0.2) is 0 Å². The first-order chi connectivity index (χ1) is 9.08. The minimum absolute atomic E-state index is 0.0835. The molecule has 0 aliphatic rings. The first kappa shape index (κ1) is 15.5. The smallest absolute Gasteiger partial charge is 0.308 e. The van der Waals surface area contributed by atoms with Gasteiger partial charge >= 0.3 is 5.97 Å². The second-order valence-corrected chi connectivity index (χ2v) is 5.03. The SMILES string of the molecule is CCCCC[C@H](Cc1ccc(O)cc1C)C(=O)OC. The molecule has 0 saturated carbocycles. The van der Waals surface area contributed by atoms with Crippen molar-refractivity contribution in [3.05, 3.63) is 29.3 Å². The molecule has 1 atom stereocenters. The lowest BCUT2D eigenvalue weighted by Crippen LogP contribution is -2.19. The summed E-state index contributed by atoms with van der Waals surface area (Å²) in [6.07, 6.45) is 4.88. The molecule has 3 heteroatoms.